The molecule has 3 aromatic rings. The van der Waals surface area contributed by atoms with Gasteiger partial charge in [0.25, 0.3) is 5.91 Å². The third-order valence-corrected chi connectivity index (χ3v) is 3.70. The number of amides is 1. The molecule has 3 N–H and O–H groups in total. The summed E-state index contributed by atoms with van der Waals surface area (Å²) in [5.74, 6) is 0.336. The maximum absolute atomic E-state index is 11.6. The van der Waals surface area contributed by atoms with Gasteiger partial charge in [0.15, 0.2) is 17.2 Å². The number of carbonyl (C=O) groups excluding carboxylic acids is 1. The molecule has 0 bridgehead atoms. The van der Waals surface area contributed by atoms with Crippen LogP contribution in [0.3, 0.4) is 0 Å². The van der Waals surface area contributed by atoms with E-state index >= 15 is 0 Å². The van der Waals surface area contributed by atoms with Gasteiger partial charge in [-0.2, -0.15) is 15.4 Å². The van der Waals surface area contributed by atoms with Crippen LogP contribution in [0.2, 0.25) is 0 Å². The fourth-order valence-electron chi connectivity index (χ4n) is 2.56. The molecule has 3 rings (SSSR count). The first-order valence-corrected chi connectivity index (χ1v) is 7.66. The van der Waals surface area contributed by atoms with Gasteiger partial charge in [-0.05, 0) is 24.6 Å². The van der Waals surface area contributed by atoms with Crippen molar-refractivity contribution >= 4 is 5.91 Å². The molecule has 0 saturated carbocycles. The summed E-state index contributed by atoms with van der Waals surface area (Å²) < 4.78 is 11.4. The standard InChI is InChI=1S/C18H18N4O3/c1-11-5-3-6-12(9-11)10-25-17-13(7-4-8-14(17)24-2)15-16(18(19)23)21-22-20-15/h3-9H,10H2,1-2H3,(H2,19,23)(H,20,21,22). The van der Waals surface area contributed by atoms with Crippen LogP contribution in [-0.4, -0.2) is 28.4 Å². The van der Waals surface area contributed by atoms with Gasteiger partial charge in [0.2, 0.25) is 0 Å². The number of H-pyrrole nitrogens is 1. The quantitative estimate of drug-likeness (QED) is 0.718. The Morgan fingerprint density at radius 2 is 2.00 bits per heavy atom. The van der Waals surface area contributed by atoms with Crippen LogP contribution in [0.5, 0.6) is 11.5 Å². The van der Waals surface area contributed by atoms with Crippen molar-refractivity contribution in [2.24, 2.45) is 5.73 Å². The Balaban J connectivity index is 1.99. The van der Waals surface area contributed by atoms with E-state index in [1.807, 2.05) is 31.2 Å². The zero-order valence-corrected chi connectivity index (χ0v) is 13.9. The molecule has 7 nitrogen and oxygen atoms in total. The van der Waals surface area contributed by atoms with Gasteiger partial charge in [0, 0.05) is 0 Å². The Labute approximate surface area is 144 Å². The molecule has 0 fully saturated rings. The predicted octanol–water partition coefficient (Wildman–Crippen LogP) is 2.47. The molecule has 0 unspecified atom stereocenters. The molecular formula is C18H18N4O3. The lowest BCUT2D eigenvalue weighted by Crippen LogP contribution is -2.13. The van der Waals surface area contributed by atoms with E-state index in [0.29, 0.717) is 29.4 Å². The number of hydrogen-bond acceptors (Lipinski definition) is 5. The topological polar surface area (TPSA) is 103 Å². The number of aryl methyl sites for hydroxylation is 1. The summed E-state index contributed by atoms with van der Waals surface area (Å²) in [6.45, 7) is 2.37. The van der Waals surface area contributed by atoms with Crippen molar-refractivity contribution in [1.82, 2.24) is 15.4 Å². The van der Waals surface area contributed by atoms with Crippen molar-refractivity contribution in [3.8, 4) is 22.8 Å². The van der Waals surface area contributed by atoms with Crippen LogP contribution in [0.15, 0.2) is 42.5 Å². The maximum atomic E-state index is 11.6. The molecule has 1 heterocycles. The molecule has 128 valence electrons. The summed E-state index contributed by atoms with van der Waals surface area (Å²) in [7, 11) is 1.55. The molecule has 0 radical (unpaired) electrons. The Bertz CT molecular complexity index is 905. The van der Waals surface area contributed by atoms with Gasteiger partial charge in [0.05, 0.1) is 12.7 Å². The van der Waals surface area contributed by atoms with Crippen LogP contribution in [-0.2, 0) is 6.61 Å². The SMILES string of the molecule is COc1cccc(-c2n[nH]nc2C(N)=O)c1OCc1cccc(C)c1. The van der Waals surface area contributed by atoms with E-state index in [0.717, 1.165) is 11.1 Å². The number of para-hydroxylation sites is 1. The molecule has 1 amide bonds. The summed E-state index contributed by atoms with van der Waals surface area (Å²) in [5, 5.41) is 10.3. The molecule has 0 saturated heterocycles. The number of benzene rings is 2. The number of ether oxygens (including phenoxy) is 2. The summed E-state index contributed by atoms with van der Waals surface area (Å²) in [6.07, 6.45) is 0. The normalized spacial score (nSPS) is 10.5. The second kappa shape index (κ2) is 7.04. The average molecular weight is 338 g/mol. The van der Waals surface area contributed by atoms with Gasteiger partial charge in [-0.1, -0.05) is 35.9 Å². The first-order chi connectivity index (χ1) is 12.1. The summed E-state index contributed by atoms with van der Waals surface area (Å²) in [4.78, 5) is 11.6. The van der Waals surface area contributed by atoms with Crippen LogP contribution in [0, 0.1) is 6.92 Å². The minimum absolute atomic E-state index is 0.0497. The summed E-state index contributed by atoms with van der Waals surface area (Å²) in [5.41, 5.74) is 8.49. The lowest BCUT2D eigenvalue weighted by atomic mass is 10.1. The van der Waals surface area contributed by atoms with E-state index < -0.39 is 5.91 Å². The molecule has 0 atom stereocenters. The molecule has 0 aliphatic carbocycles. The van der Waals surface area contributed by atoms with Crippen molar-refractivity contribution in [2.45, 2.75) is 13.5 Å². The molecule has 2 aromatic carbocycles. The number of rotatable bonds is 6. The second-order valence-electron chi connectivity index (χ2n) is 5.50. The molecule has 0 aliphatic heterocycles. The van der Waals surface area contributed by atoms with Gasteiger partial charge in [-0.15, -0.1) is 0 Å². The van der Waals surface area contributed by atoms with E-state index in [9.17, 15) is 4.79 Å². The fraction of sp³-hybridized carbons (Fsp3) is 0.167. The van der Waals surface area contributed by atoms with Crippen LogP contribution >= 0.6 is 0 Å². The van der Waals surface area contributed by atoms with E-state index in [1.54, 1.807) is 25.3 Å². The maximum Gasteiger partial charge on any atom is 0.271 e. The van der Waals surface area contributed by atoms with Crippen LogP contribution < -0.4 is 15.2 Å². The minimum Gasteiger partial charge on any atom is -0.493 e. The predicted molar refractivity (Wildman–Crippen MR) is 92.4 cm³/mol. The zero-order valence-electron chi connectivity index (χ0n) is 13.9. The second-order valence-corrected chi connectivity index (χ2v) is 5.50. The molecule has 1 aromatic heterocycles. The average Bonchev–Trinajstić information content (AvgIpc) is 3.09. The Kier molecular flexibility index (Phi) is 4.65. The number of nitrogens with one attached hydrogen (secondary N) is 1. The molecular weight excluding hydrogens is 320 g/mol. The van der Waals surface area contributed by atoms with Gasteiger partial charge in [0.1, 0.15) is 12.3 Å². The first kappa shape index (κ1) is 16.5. The number of nitrogens with two attached hydrogens (primary N) is 1. The van der Waals surface area contributed by atoms with Crippen molar-refractivity contribution in [3.05, 3.63) is 59.3 Å². The van der Waals surface area contributed by atoms with E-state index in [4.69, 9.17) is 15.2 Å². The van der Waals surface area contributed by atoms with E-state index in [-0.39, 0.29) is 5.69 Å². The first-order valence-electron chi connectivity index (χ1n) is 7.66. The number of primary amides is 1. The zero-order chi connectivity index (χ0) is 17.8. The molecule has 25 heavy (non-hydrogen) atoms. The van der Waals surface area contributed by atoms with E-state index in [1.165, 1.54) is 0 Å². The number of nitrogens with zero attached hydrogens (tertiary/aromatic N) is 2. The third kappa shape index (κ3) is 3.45. The van der Waals surface area contributed by atoms with Crippen molar-refractivity contribution in [3.63, 3.8) is 0 Å². The lowest BCUT2D eigenvalue weighted by Gasteiger charge is -2.14. The van der Waals surface area contributed by atoms with Crippen molar-refractivity contribution < 1.29 is 14.3 Å². The van der Waals surface area contributed by atoms with Crippen LogP contribution in [0.25, 0.3) is 11.3 Å². The number of aromatic amines is 1. The van der Waals surface area contributed by atoms with Gasteiger partial charge in [-0.3, -0.25) is 4.79 Å². The summed E-state index contributed by atoms with van der Waals surface area (Å²) >= 11 is 0. The molecule has 0 spiro atoms. The Morgan fingerprint density at radius 1 is 1.20 bits per heavy atom. The van der Waals surface area contributed by atoms with Gasteiger partial charge >= 0.3 is 0 Å². The monoisotopic (exact) mass is 338 g/mol. The number of carbonyl (C=O) groups is 1. The highest BCUT2D eigenvalue weighted by Gasteiger charge is 2.21. The van der Waals surface area contributed by atoms with Crippen molar-refractivity contribution in [1.29, 1.82) is 0 Å². The number of methoxy groups -OCH3 is 1. The number of aromatic nitrogens is 3. The van der Waals surface area contributed by atoms with Gasteiger partial charge < -0.3 is 15.2 Å². The molecule has 7 heteroatoms. The van der Waals surface area contributed by atoms with Crippen molar-refractivity contribution in [2.75, 3.05) is 7.11 Å². The smallest absolute Gasteiger partial charge is 0.271 e. The molecule has 0 aliphatic rings. The lowest BCUT2D eigenvalue weighted by molar-refractivity contribution is 0.0996. The fourth-order valence-corrected chi connectivity index (χ4v) is 2.56. The summed E-state index contributed by atoms with van der Waals surface area (Å²) in [6, 6.07) is 13.4. The minimum atomic E-state index is -0.670. The van der Waals surface area contributed by atoms with E-state index in [2.05, 4.69) is 15.4 Å². The highest BCUT2D eigenvalue weighted by molar-refractivity contribution is 5.97. The third-order valence-electron chi connectivity index (χ3n) is 3.70. The largest absolute Gasteiger partial charge is 0.493 e. The highest BCUT2D eigenvalue weighted by atomic mass is 16.5. The highest BCUT2D eigenvalue weighted by Crippen LogP contribution is 2.38. The van der Waals surface area contributed by atoms with Crippen LogP contribution in [0.4, 0.5) is 0 Å². The van der Waals surface area contributed by atoms with Crippen LogP contribution in [0.1, 0.15) is 21.6 Å². The Morgan fingerprint density at radius 3 is 2.72 bits per heavy atom. The Hall–Kier alpha value is -3.35. The van der Waals surface area contributed by atoms with Gasteiger partial charge in [-0.25, -0.2) is 0 Å². The number of hydrogen-bond donors (Lipinski definition) is 2.